The molecule has 1 saturated heterocycles. The van der Waals surface area contributed by atoms with Gasteiger partial charge in [0.2, 0.25) is 0 Å². The number of carbonyl (C=O) groups is 1. The highest BCUT2D eigenvalue weighted by molar-refractivity contribution is 6.00. The summed E-state index contributed by atoms with van der Waals surface area (Å²) in [5.74, 6) is -1.97. The van der Waals surface area contributed by atoms with E-state index in [2.05, 4.69) is 27.2 Å². The third-order valence-electron chi connectivity index (χ3n) is 6.21. The van der Waals surface area contributed by atoms with Gasteiger partial charge in [-0.15, -0.1) is 0 Å². The number of carbonyl (C=O) groups excluding carboxylic acids is 1. The monoisotopic (exact) mass is 463 g/mol. The van der Waals surface area contributed by atoms with E-state index in [0.29, 0.717) is 24.7 Å². The average molecular weight is 463 g/mol. The van der Waals surface area contributed by atoms with E-state index in [1.165, 1.54) is 12.4 Å². The molecule has 2 atom stereocenters. The second-order valence-electron chi connectivity index (χ2n) is 8.44. The SMILES string of the molecule is C[C@@H]1CCCN(C(=O)c2cc(F)cc(F)c2-c2ncccn2)[C@@H]1CNc1nc2ccccc2o1. The fourth-order valence-corrected chi connectivity index (χ4v) is 4.50. The van der Waals surface area contributed by atoms with Gasteiger partial charge >= 0.3 is 0 Å². The normalized spacial score (nSPS) is 18.3. The number of nitrogens with one attached hydrogen (secondary N) is 1. The molecule has 4 aromatic rings. The van der Waals surface area contributed by atoms with Crippen molar-refractivity contribution in [2.75, 3.05) is 18.4 Å². The molecule has 0 aliphatic carbocycles. The summed E-state index contributed by atoms with van der Waals surface area (Å²) in [5.41, 5.74) is 1.20. The summed E-state index contributed by atoms with van der Waals surface area (Å²) in [6.07, 6.45) is 4.63. The predicted octanol–water partition coefficient (Wildman–Crippen LogP) is 4.92. The topological polar surface area (TPSA) is 84.2 Å². The lowest BCUT2D eigenvalue weighted by Gasteiger charge is -2.40. The van der Waals surface area contributed by atoms with E-state index in [-0.39, 0.29) is 28.9 Å². The third kappa shape index (κ3) is 4.21. The number of hydrogen-bond donors (Lipinski definition) is 1. The van der Waals surface area contributed by atoms with Crippen molar-refractivity contribution >= 4 is 23.0 Å². The summed E-state index contributed by atoms with van der Waals surface area (Å²) in [6.45, 7) is 2.91. The number of halogens is 2. The Morgan fingerprint density at radius 3 is 2.76 bits per heavy atom. The molecule has 9 heteroatoms. The van der Waals surface area contributed by atoms with Crippen molar-refractivity contribution in [2.24, 2.45) is 5.92 Å². The number of anilines is 1. The molecule has 1 aliphatic heterocycles. The van der Waals surface area contributed by atoms with E-state index < -0.39 is 17.5 Å². The molecule has 0 radical (unpaired) electrons. The van der Waals surface area contributed by atoms with E-state index in [9.17, 15) is 13.6 Å². The number of fused-ring (bicyclic) bond motifs is 1. The van der Waals surface area contributed by atoms with Gasteiger partial charge in [0.15, 0.2) is 11.4 Å². The van der Waals surface area contributed by atoms with Crippen LogP contribution in [-0.4, -0.2) is 44.9 Å². The molecule has 1 fully saturated rings. The lowest BCUT2D eigenvalue weighted by molar-refractivity contribution is 0.0539. The van der Waals surface area contributed by atoms with Gasteiger partial charge in [-0.25, -0.2) is 18.7 Å². The highest BCUT2D eigenvalue weighted by atomic mass is 19.1. The Bertz CT molecular complexity index is 1290. The minimum atomic E-state index is -0.874. The molecule has 5 rings (SSSR count). The van der Waals surface area contributed by atoms with Crippen molar-refractivity contribution in [1.29, 1.82) is 0 Å². The van der Waals surface area contributed by atoms with Crippen molar-refractivity contribution in [3.8, 4) is 11.4 Å². The van der Waals surface area contributed by atoms with Crippen molar-refractivity contribution in [3.63, 3.8) is 0 Å². The maximum absolute atomic E-state index is 14.8. The standard InChI is InChI=1S/C25H23F2N5O2/c1-15-6-4-11-32(20(15)14-30-25-31-19-7-2-3-8-21(19)34-25)24(33)17-12-16(26)13-18(27)22(17)23-28-9-5-10-29-23/h2-3,5,7-10,12-13,15,20H,4,6,11,14H2,1H3,(H,30,31)/t15-,20-/m1/s1. The Hall–Kier alpha value is -3.88. The van der Waals surface area contributed by atoms with Crippen LogP contribution in [-0.2, 0) is 0 Å². The van der Waals surface area contributed by atoms with Gasteiger partial charge in [0, 0.05) is 31.5 Å². The summed E-state index contributed by atoms with van der Waals surface area (Å²) < 4.78 is 34.8. The molecular formula is C25H23F2N5O2. The van der Waals surface area contributed by atoms with Crippen LogP contribution in [0.2, 0.25) is 0 Å². The van der Waals surface area contributed by atoms with Crippen LogP contribution in [0.3, 0.4) is 0 Å². The Kier molecular flexibility index (Phi) is 5.91. The van der Waals surface area contributed by atoms with Crippen LogP contribution >= 0.6 is 0 Å². The lowest BCUT2D eigenvalue weighted by atomic mass is 9.89. The van der Waals surface area contributed by atoms with Crippen molar-refractivity contribution in [2.45, 2.75) is 25.8 Å². The Morgan fingerprint density at radius 2 is 1.97 bits per heavy atom. The number of amides is 1. The van der Waals surface area contributed by atoms with E-state index in [0.717, 1.165) is 30.5 Å². The summed E-state index contributed by atoms with van der Waals surface area (Å²) in [4.78, 5) is 27.9. The number of nitrogens with zero attached hydrogens (tertiary/aromatic N) is 4. The van der Waals surface area contributed by atoms with Crippen molar-refractivity contribution < 1.29 is 18.0 Å². The fraction of sp³-hybridized carbons (Fsp3) is 0.280. The number of aromatic nitrogens is 3. The van der Waals surface area contributed by atoms with E-state index >= 15 is 0 Å². The quantitative estimate of drug-likeness (QED) is 0.453. The molecule has 1 aliphatic rings. The average Bonchev–Trinajstić information content (AvgIpc) is 3.26. The predicted molar refractivity (Wildman–Crippen MR) is 123 cm³/mol. The molecule has 7 nitrogen and oxygen atoms in total. The number of hydrogen-bond acceptors (Lipinski definition) is 6. The zero-order valence-corrected chi connectivity index (χ0v) is 18.5. The molecule has 1 amide bonds. The molecule has 0 saturated carbocycles. The van der Waals surface area contributed by atoms with Crippen molar-refractivity contribution in [3.05, 3.63) is 72.1 Å². The zero-order chi connectivity index (χ0) is 23.7. The van der Waals surface area contributed by atoms with Crippen LogP contribution in [0.5, 0.6) is 0 Å². The molecule has 0 unspecified atom stereocenters. The van der Waals surface area contributed by atoms with Gasteiger partial charge in [-0.05, 0) is 43.0 Å². The highest BCUT2D eigenvalue weighted by Crippen LogP contribution is 2.31. The number of likely N-dealkylation sites (tertiary alicyclic amines) is 1. The Balaban J connectivity index is 1.45. The second-order valence-corrected chi connectivity index (χ2v) is 8.44. The summed E-state index contributed by atoms with van der Waals surface area (Å²) in [6, 6.07) is 11.0. The zero-order valence-electron chi connectivity index (χ0n) is 18.5. The summed E-state index contributed by atoms with van der Waals surface area (Å²) in [5, 5.41) is 3.20. The second kappa shape index (κ2) is 9.17. The van der Waals surface area contributed by atoms with Crippen LogP contribution in [0.15, 0.2) is 59.3 Å². The maximum atomic E-state index is 14.8. The smallest absolute Gasteiger partial charge is 0.295 e. The van der Waals surface area contributed by atoms with Gasteiger partial charge < -0.3 is 14.6 Å². The molecule has 174 valence electrons. The number of benzene rings is 2. The van der Waals surface area contributed by atoms with Gasteiger partial charge in [0.25, 0.3) is 11.9 Å². The first kappa shape index (κ1) is 21.9. The number of oxazole rings is 1. The van der Waals surface area contributed by atoms with Crippen LogP contribution < -0.4 is 5.32 Å². The Labute approximate surface area is 194 Å². The first-order valence-corrected chi connectivity index (χ1v) is 11.2. The van der Waals surface area contributed by atoms with Crippen LogP contribution in [0.1, 0.15) is 30.1 Å². The molecular weight excluding hydrogens is 440 g/mol. The largest absolute Gasteiger partial charge is 0.424 e. The van der Waals surface area contributed by atoms with E-state index in [4.69, 9.17) is 4.42 Å². The number of rotatable bonds is 5. The number of piperidine rings is 1. The van der Waals surface area contributed by atoms with Crippen LogP contribution in [0.4, 0.5) is 14.8 Å². The molecule has 3 heterocycles. The van der Waals surface area contributed by atoms with Crippen LogP contribution in [0.25, 0.3) is 22.5 Å². The first-order valence-electron chi connectivity index (χ1n) is 11.2. The summed E-state index contributed by atoms with van der Waals surface area (Å²) >= 11 is 0. The highest BCUT2D eigenvalue weighted by Gasteiger charge is 2.34. The van der Waals surface area contributed by atoms with E-state index in [1.807, 2.05) is 24.3 Å². The van der Waals surface area contributed by atoms with E-state index in [1.54, 1.807) is 11.0 Å². The Morgan fingerprint density at radius 1 is 1.18 bits per heavy atom. The number of para-hydroxylation sites is 2. The minimum absolute atomic E-state index is 0.0366. The molecule has 0 bridgehead atoms. The molecule has 1 N–H and O–H groups in total. The van der Waals surface area contributed by atoms with Gasteiger partial charge in [0.1, 0.15) is 17.2 Å². The molecule has 2 aromatic heterocycles. The summed E-state index contributed by atoms with van der Waals surface area (Å²) in [7, 11) is 0. The van der Waals surface area contributed by atoms with Gasteiger partial charge in [0.05, 0.1) is 17.2 Å². The maximum Gasteiger partial charge on any atom is 0.295 e. The molecule has 2 aromatic carbocycles. The fourth-order valence-electron chi connectivity index (χ4n) is 4.50. The molecule has 0 spiro atoms. The van der Waals surface area contributed by atoms with Gasteiger partial charge in [-0.3, -0.25) is 4.79 Å². The minimum Gasteiger partial charge on any atom is -0.424 e. The van der Waals surface area contributed by atoms with Gasteiger partial charge in [-0.2, -0.15) is 4.98 Å². The lowest BCUT2D eigenvalue weighted by Crippen LogP contribution is -2.51. The first-order chi connectivity index (χ1) is 16.5. The van der Waals surface area contributed by atoms with Crippen molar-refractivity contribution in [1.82, 2.24) is 19.9 Å². The third-order valence-corrected chi connectivity index (χ3v) is 6.21. The van der Waals surface area contributed by atoms with Gasteiger partial charge in [-0.1, -0.05) is 19.1 Å². The van der Waals surface area contributed by atoms with Crippen LogP contribution in [0, 0.1) is 17.6 Å². The molecule has 34 heavy (non-hydrogen) atoms.